The summed E-state index contributed by atoms with van der Waals surface area (Å²) in [7, 11) is 0. The van der Waals surface area contributed by atoms with Gasteiger partial charge in [0.05, 0.1) is 6.07 Å². The van der Waals surface area contributed by atoms with Crippen LogP contribution in [0.15, 0.2) is 18.2 Å². The molecule has 1 aromatic rings. The van der Waals surface area contributed by atoms with Crippen LogP contribution in [-0.2, 0) is 0 Å². The Balaban J connectivity index is 3.24. The zero-order valence-electron chi connectivity index (χ0n) is 9.63. The number of nitriles is 1. The number of carboxylic acids is 1. The van der Waals surface area contributed by atoms with E-state index in [9.17, 15) is 23.1 Å². The number of hydrogen-bond donors (Lipinski definition) is 3. The van der Waals surface area contributed by atoms with Crippen molar-refractivity contribution in [2.75, 3.05) is 0 Å². The van der Waals surface area contributed by atoms with Crippen LogP contribution in [0.4, 0.5) is 13.2 Å². The molecule has 0 radical (unpaired) electrons. The molecule has 0 bridgehead atoms. The summed E-state index contributed by atoms with van der Waals surface area (Å²) in [5, 5.41) is 35.7. The van der Waals surface area contributed by atoms with Gasteiger partial charge in [-0.25, -0.2) is 4.79 Å². The van der Waals surface area contributed by atoms with Crippen molar-refractivity contribution in [3.05, 3.63) is 29.3 Å². The maximum atomic E-state index is 12.2. The summed E-state index contributed by atoms with van der Waals surface area (Å²) in [5.41, 5.74) is -1.06. The van der Waals surface area contributed by atoms with Crippen LogP contribution in [0.1, 0.15) is 22.0 Å². The number of alkyl halides is 3. The van der Waals surface area contributed by atoms with Crippen LogP contribution in [0.2, 0.25) is 0 Å². The number of aromatic carboxylic acids is 1. The number of carboxylic acid groups (broad SMARTS) is 1. The van der Waals surface area contributed by atoms with Gasteiger partial charge in [0.25, 0.3) is 0 Å². The van der Waals surface area contributed by atoms with E-state index in [-0.39, 0.29) is 5.56 Å². The van der Waals surface area contributed by atoms with E-state index in [1.165, 1.54) is 6.07 Å². The Bertz CT molecular complexity index is 552. The van der Waals surface area contributed by atoms with Gasteiger partial charge in [-0.3, -0.25) is 0 Å². The van der Waals surface area contributed by atoms with Crippen LogP contribution in [-0.4, -0.2) is 33.8 Å². The zero-order valence-corrected chi connectivity index (χ0v) is 9.63. The lowest BCUT2D eigenvalue weighted by atomic mass is 10.0. The monoisotopic (exact) mass is 291 g/mol. The fourth-order valence-corrected chi connectivity index (χ4v) is 1.36. The molecule has 2 atom stereocenters. The lowest BCUT2D eigenvalue weighted by molar-refractivity contribution is -0.274. The Morgan fingerprint density at radius 1 is 1.35 bits per heavy atom. The largest absolute Gasteiger partial charge is 0.573 e. The van der Waals surface area contributed by atoms with Crippen LogP contribution < -0.4 is 4.74 Å². The molecule has 9 heteroatoms. The number of nitrogens with zero attached hydrogens (tertiary/aromatic N) is 1. The molecule has 0 spiro atoms. The van der Waals surface area contributed by atoms with Crippen molar-refractivity contribution in [1.82, 2.24) is 0 Å². The quantitative estimate of drug-likeness (QED) is 0.719. The topological polar surface area (TPSA) is 111 Å². The molecule has 2 unspecified atom stereocenters. The highest BCUT2D eigenvalue weighted by Crippen LogP contribution is 2.30. The van der Waals surface area contributed by atoms with Gasteiger partial charge in [0.2, 0.25) is 0 Å². The summed E-state index contributed by atoms with van der Waals surface area (Å²) >= 11 is 0. The van der Waals surface area contributed by atoms with Crippen molar-refractivity contribution in [3.8, 4) is 11.8 Å². The normalized spacial score (nSPS) is 14.2. The molecule has 0 saturated heterocycles. The SMILES string of the molecule is N#CC(O)C(O)c1ccc(C(=O)O)c(OC(F)(F)F)c1. The fraction of sp³-hybridized carbons (Fsp3) is 0.273. The summed E-state index contributed by atoms with van der Waals surface area (Å²) in [5.74, 6) is -2.71. The van der Waals surface area contributed by atoms with Gasteiger partial charge >= 0.3 is 12.3 Å². The Kier molecular flexibility index (Phi) is 4.54. The van der Waals surface area contributed by atoms with E-state index in [0.717, 1.165) is 12.1 Å². The van der Waals surface area contributed by atoms with E-state index in [4.69, 9.17) is 15.5 Å². The molecule has 0 aliphatic rings. The fourth-order valence-electron chi connectivity index (χ4n) is 1.36. The minimum atomic E-state index is -5.12. The third kappa shape index (κ3) is 3.84. The maximum Gasteiger partial charge on any atom is 0.573 e. The van der Waals surface area contributed by atoms with Crippen molar-refractivity contribution in [1.29, 1.82) is 5.26 Å². The van der Waals surface area contributed by atoms with Crippen molar-refractivity contribution < 1.29 is 38.0 Å². The number of ether oxygens (including phenoxy) is 1. The van der Waals surface area contributed by atoms with Crippen molar-refractivity contribution >= 4 is 5.97 Å². The van der Waals surface area contributed by atoms with E-state index in [1.54, 1.807) is 0 Å². The number of hydrogen-bond acceptors (Lipinski definition) is 5. The number of benzene rings is 1. The lowest BCUT2D eigenvalue weighted by Crippen LogP contribution is -2.20. The highest BCUT2D eigenvalue weighted by molar-refractivity contribution is 5.91. The van der Waals surface area contributed by atoms with Crippen molar-refractivity contribution in [3.63, 3.8) is 0 Å². The second-order valence-electron chi connectivity index (χ2n) is 3.63. The van der Waals surface area contributed by atoms with E-state index in [2.05, 4.69) is 4.74 Å². The van der Waals surface area contributed by atoms with Gasteiger partial charge in [0.15, 0.2) is 6.10 Å². The molecule has 0 saturated carbocycles. The molecule has 3 N–H and O–H groups in total. The number of rotatable bonds is 4. The molecular formula is C11H8F3NO5. The molecule has 108 valence electrons. The Morgan fingerprint density at radius 3 is 2.40 bits per heavy atom. The molecular weight excluding hydrogens is 283 g/mol. The Labute approximate surface area is 110 Å². The Morgan fingerprint density at radius 2 is 1.95 bits per heavy atom. The van der Waals surface area contributed by atoms with Gasteiger partial charge in [-0.15, -0.1) is 13.2 Å². The molecule has 0 aromatic heterocycles. The molecule has 0 fully saturated rings. The highest BCUT2D eigenvalue weighted by Gasteiger charge is 2.33. The predicted molar refractivity (Wildman–Crippen MR) is 56.7 cm³/mol. The van der Waals surface area contributed by atoms with Gasteiger partial charge in [0, 0.05) is 0 Å². The number of aliphatic hydroxyl groups is 2. The van der Waals surface area contributed by atoms with E-state index >= 15 is 0 Å². The van der Waals surface area contributed by atoms with E-state index in [1.807, 2.05) is 0 Å². The van der Waals surface area contributed by atoms with E-state index < -0.39 is 35.9 Å². The molecule has 1 aromatic carbocycles. The first-order chi connectivity index (χ1) is 9.15. The van der Waals surface area contributed by atoms with Crippen LogP contribution >= 0.6 is 0 Å². The minimum absolute atomic E-state index is 0.289. The maximum absolute atomic E-state index is 12.2. The third-order valence-electron chi connectivity index (χ3n) is 2.23. The summed E-state index contributed by atoms with van der Waals surface area (Å²) in [6.45, 7) is 0. The van der Waals surface area contributed by atoms with Gasteiger partial charge in [-0.05, 0) is 17.7 Å². The van der Waals surface area contributed by atoms with Crippen molar-refractivity contribution in [2.24, 2.45) is 0 Å². The second kappa shape index (κ2) is 5.77. The minimum Gasteiger partial charge on any atom is -0.478 e. The summed E-state index contributed by atoms with van der Waals surface area (Å²) in [4.78, 5) is 10.8. The molecule has 0 aliphatic heterocycles. The summed E-state index contributed by atoms with van der Waals surface area (Å²) in [6, 6.07) is 3.63. The lowest BCUT2D eigenvalue weighted by Gasteiger charge is -2.16. The second-order valence-corrected chi connectivity index (χ2v) is 3.63. The molecule has 0 amide bonds. The summed E-state index contributed by atoms with van der Waals surface area (Å²) < 4.78 is 40.0. The summed E-state index contributed by atoms with van der Waals surface area (Å²) in [6.07, 6.45) is -8.79. The first-order valence-electron chi connectivity index (χ1n) is 5.04. The average molecular weight is 291 g/mol. The van der Waals surface area contributed by atoms with Gasteiger partial charge in [-0.2, -0.15) is 5.26 Å². The Hall–Kier alpha value is -2.31. The standard InChI is InChI=1S/C11H8F3NO5/c12-11(13,14)20-8-3-5(9(17)7(16)4-15)1-2-6(8)10(18)19/h1-3,7,9,16-17H,(H,18,19). The van der Waals surface area contributed by atoms with Crippen molar-refractivity contribution in [2.45, 2.75) is 18.6 Å². The van der Waals surface area contributed by atoms with Gasteiger partial charge in [-0.1, -0.05) is 6.07 Å². The third-order valence-corrected chi connectivity index (χ3v) is 2.23. The zero-order chi connectivity index (χ0) is 15.5. The molecule has 0 heterocycles. The first kappa shape index (κ1) is 15.7. The molecule has 0 aliphatic carbocycles. The molecule has 6 nitrogen and oxygen atoms in total. The van der Waals surface area contributed by atoms with Gasteiger partial charge in [0.1, 0.15) is 17.4 Å². The number of carbonyl (C=O) groups is 1. The first-order valence-corrected chi connectivity index (χ1v) is 5.04. The van der Waals surface area contributed by atoms with Gasteiger partial charge < -0.3 is 20.1 Å². The van der Waals surface area contributed by atoms with Crippen LogP contribution in [0.25, 0.3) is 0 Å². The van der Waals surface area contributed by atoms with Crippen LogP contribution in [0.5, 0.6) is 5.75 Å². The highest BCUT2D eigenvalue weighted by atomic mass is 19.4. The predicted octanol–water partition coefficient (Wildman–Crippen LogP) is 1.20. The van der Waals surface area contributed by atoms with Crippen LogP contribution in [0, 0.1) is 11.3 Å². The average Bonchev–Trinajstić information content (AvgIpc) is 2.34. The van der Waals surface area contributed by atoms with E-state index in [0.29, 0.717) is 6.07 Å². The van der Waals surface area contributed by atoms with Crippen LogP contribution in [0.3, 0.4) is 0 Å². The molecule has 20 heavy (non-hydrogen) atoms. The molecule has 1 rings (SSSR count). The number of halogens is 3. The smallest absolute Gasteiger partial charge is 0.478 e. The number of aliphatic hydroxyl groups excluding tert-OH is 2.